The van der Waals surface area contributed by atoms with Gasteiger partial charge in [-0.2, -0.15) is 0 Å². The number of nitrogens with one attached hydrogen (secondary N) is 2. The standard InChI is InChI=1S/C18H24N2O/c1-13-10-16-11-15(6-8-17(16)20-13)12-19-18(21)9-7-14-4-2-3-5-14/h6,8,10-11,14,20H,2-5,7,9,12H2,1H3,(H,19,21). The first-order valence-corrected chi connectivity index (χ1v) is 8.05. The molecule has 0 bridgehead atoms. The fourth-order valence-electron chi connectivity index (χ4n) is 3.36. The molecule has 1 amide bonds. The summed E-state index contributed by atoms with van der Waals surface area (Å²) in [5.74, 6) is 0.974. The maximum atomic E-state index is 11.9. The number of fused-ring (bicyclic) bond motifs is 1. The van der Waals surface area contributed by atoms with Crippen LogP contribution in [0.15, 0.2) is 24.3 Å². The third kappa shape index (κ3) is 3.66. The Bertz CT molecular complexity index is 623. The third-order valence-electron chi connectivity index (χ3n) is 4.56. The molecule has 1 aliphatic rings. The number of aromatic nitrogens is 1. The van der Waals surface area contributed by atoms with Crippen molar-refractivity contribution in [3.05, 3.63) is 35.5 Å². The third-order valence-corrected chi connectivity index (χ3v) is 4.56. The molecule has 0 atom stereocenters. The van der Waals surface area contributed by atoms with Gasteiger partial charge in [0.25, 0.3) is 0 Å². The van der Waals surface area contributed by atoms with Crippen molar-refractivity contribution in [1.29, 1.82) is 0 Å². The highest BCUT2D eigenvalue weighted by Gasteiger charge is 2.15. The molecule has 1 heterocycles. The molecule has 21 heavy (non-hydrogen) atoms. The van der Waals surface area contributed by atoms with Gasteiger partial charge in [0.2, 0.25) is 5.91 Å². The Morgan fingerprint density at radius 3 is 2.90 bits per heavy atom. The Balaban J connectivity index is 1.49. The van der Waals surface area contributed by atoms with Crippen molar-refractivity contribution in [3.8, 4) is 0 Å². The lowest BCUT2D eigenvalue weighted by Gasteiger charge is -2.09. The van der Waals surface area contributed by atoms with Gasteiger partial charge in [-0.3, -0.25) is 4.79 Å². The molecule has 0 spiro atoms. The zero-order valence-electron chi connectivity index (χ0n) is 12.7. The number of aromatic amines is 1. The number of amides is 1. The Hall–Kier alpha value is -1.77. The lowest BCUT2D eigenvalue weighted by Crippen LogP contribution is -2.22. The molecule has 0 aliphatic heterocycles. The van der Waals surface area contributed by atoms with Gasteiger partial charge in [-0.15, -0.1) is 0 Å². The van der Waals surface area contributed by atoms with Gasteiger partial charge in [-0.05, 0) is 48.4 Å². The first kappa shape index (κ1) is 14.2. The number of carbonyl (C=O) groups is 1. The molecule has 112 valence electrons. The number of rotatable bonds is 5. The summed E-state index contributed by atoms with van der Waals surface area (Å²) in [7, 11) is 0. The predicted molar refractivity (Wildman–Crippen MR) is 86.1 cm³/mol. The highest BCUT2D eigenvalue weighted by atomic mass is 16.1. The van der Waals surface area contributed by atoms with Gasteiger partial charge in [-0.1, -0.05) is 31.7 Å². The molecule has 3 nitrogen and oxygen atoms in total. The van der Waals surface area contributed by atoms with Gasteiger partial charge in [-0.25, -0.2) is 0 Å². The molecule has 1 aromatic carbocycles. The van der Waals surface area contributed by atoms with Crippen molar-refractivity contribution < 1.29 is 4.79 Å². The number of hydrogen-bond acceptors (Lipinski definition) is 1. The van der Waals surface area contributed by atoms with Gasteiger partial charge in [0.15, 0.2) is 0 Å². The minimum absolute atomic E-state index is 0.187. The molecule has 0 saturated heterocycles. The Kier molecular flexibility index (Phi) is 4.28. The summed E-state index contributed by atoms with van der Waals surface area (Å²) in [5.41, 5.74) is 3.49. The van der Waals surface area contributed by atoms with Crippen molar-refractivity contribution in [1.82, 2.24) is 10.3 Å². The topological polar surface area (TPSA) is 44.9 Å². The minimum Gasteiger partial charge on any atom is -0.359 e. The van der Waals surface area contributed by atoms with Crippen LogP contribution in [0.1, 0.15) is 49.8 Å². The summed E-state index contributed by atoms with van der Waals surface area (Å²) >= 11 is 0. The van der Waals surface area contributed by atoms with Crippen molar-refractivity contribution in [2.24, 2.45) is 5.92 Å². The minimum atomic E-state index is 0.187. The zero-order chi connectivity index (χ0) is 14.7. The summed E-state index contributed by atoms with van der Waals surface area (Å²) in [6.45, 7) is 2.69. The van der Waals surface area contributed by atoms with Crippen LogP contribution >= 0.6 is 0 Å². The summed E-state index contributed by atoms with van der Waals surface area (Å²) < 4.78 is 0. The summed E-state index contributed by atoms with van der Waals surface area (Å²) in [4.78, 5) is 15.2. The SMILES string of the molecule is Cc1cc2cc(CNC(=O)CCC3CCCC3)ccc2[nH]1. The first-order chi connectivity index (χ1) is 10.2. The van der Waals surface area contributed by atoms with Gasteiger partial charge in [0, 0.05) is 24.2 Å². The average molecular weight is 284 g/mol. The molecule has 1 aromatic heterocycles. The monoisotopic (exact) mass is 284 g/mol. The maximum absolute atomic E-state index is 11.9. The van der Waals surface area contributed by atoms with Crippen LogP contribution in [-0.2, 0) is 11.3 Å². The Labute approximate surface area is 126 Å². The van der Waals surface area contributed by atoms with E-state index in [9.17, 15) is 4.79 Å². The molecule has 1 saturated carbocycles. The fourth-order valence-corrected chi connectivity index (χ4v) is 3.36. The Morgan fingerprint density at radius 2 is 2.10 bits per heavy atom. The maximum Gasteiger partial charge on any atom is 0.220 e. The van der Waals surface area contributed by atoms with E-state index in [4.69, 9.17) is 0 Å². The number of benzene rings is 1. The van der Waals surface area contributed by atoms with Crippen LogP contribution in [-0.4, -0.2) is 10.9 Å². The van der Waals surface area contributed by atoms with Crippen LogP contribution in [0.5, 0.6) is 0 Å². The van der Waals surface area contributed by atoms with Crippen LogP contribution in [0.2, 0.25) is 0 Å². The van der Waals surface area contributed by atoms with E-state index in [0.717, 1.165) is 23.4 Å². The molecule has 1 fully saturated rings. The van der Waals surface area contributed by atoms with Crippen molar-refractivity contribution in [2.45, 2.75) is 52.0 Å². The van der Waals surface area contributed by atoms with Crippen LogP contribution in [0.25, 0.3) is 10.9 Å². The lowest BCUT2D eigenvalue weighted by molar-refractivity contribution is -0.121. The second-order valence-electron chi connectivity index (χ2n) is 6.34. The van der Waals surface area contributed by atoms with Crippen molar-refractivity contribution >= 4 is 16.8 Å². The fraction of sp³-hybridized carbons (Fsp3) is 0.500. The first-order valence-electron chi connectivity index (χ1n) is 8.05. The van der Waals surface area contributed by atoms with Crippen LogP contribution in [0.3, 0.4) is 0 Å². The molecule has 3 heteroatoms. The van der Waals surface area contributed by atoms with Crippen LogP contribution in [0, 0.1) is 12.8 Å². The number of carbonyl (C=O) groups excluding carboxylic acids is 1. The van der Waals surface area contributed by atoms with E-state index < -0.39 is 0 Å². The number of H-pyrrole nitrogens is 1. The predicted octanol–water partition coefficient (Wildman–Crippen LogP) is 4.06. The normalized spacial score (nSPS) is 15.7. The summed E-state index contributed by atoms with van der Waals surface area (Å²) in [6, 6.07) is 8.45. The van der Waals surface area contributed by atoms with E-state index >= 15 is 0 Å². The van der Waals surface area contributed by atoms with Crippen LogP contribution < -0.4 is 5.32 Å². The van der Waals surface area contributed by atoms with Gasteiger partial charge < -0.3 is 10.3 Å². The van der Waals surface area contributed by atoms with Crippen molar-refractivity contribution in [2.75, 3.05) is 0 Å². The van der Waals surface area contributed by atoms with Crippen LogP contribution in [0.4, 0.5) is 0 Å². The molecular formula is C18H24N2O. The smallest absolute Gasteiger partial charge is 0.220 e. The van der Waals surface area contributed by atoms with E-state index in [1.54, 1.807) is 0 Å². The molecular weight excluding hydrogens is 260 g/mol. The molecule has 0 radical (unpaired) electrons. The second-order valence-corrected chi connectivity index (χ2v) is 6.34. The van der Waals surface area contributed by atoms with E-state index in [0.29, 0.717) is 13.0 Å². The summed E-state index contributed by atoms with van der Waals surface area (Å²) in [6.07, 6.45) is 7.07. The quantitative estimate of drug-likeness (QED) is 0.854. The van der Waals surface area contributed by atoms with E-state index in [-0.39, 0.29) is 5.91 Å². The number of aryl methyl sites for hydroxylation is 1. The van der Waals surface area contributed by atoms with Crippen molar-refractivity contribution in [3.63, 3.8) is 0 Å². The highest BCUT2D eigenvalue weighted by molar-refractivity contribution is 5.81. The summed E-state index contributed by atoms with van der Waals surface area (Å²) in [5, 5.41) is 4.26. The average Bonchev–Trinajstić information content (AvgIpc) is 3.10. The molecule has 0 unspecified atom stereocenters. The molecule has 1 aliphatic carbocycles. The largest absolute Gasteiger partial charge is 0.359 e. The Morgan fingerprint density at radius 1 is 1.29 bits per heavy atom. The van der Waals surface area contributed by atoms with E-state index in [1.165, 1.54) is 36.8 Å². The van der Waals surface area contributed by atoms with E-state index in [2.05, 4.69) is 41.5 Å². The molecule has 3 rings (SSSR count). The van der Waals surface area contributed by atoms with Gasteiger partial charge >= 0.3 is 0 Å². The molecule has 2 N–H and O–H groups in total. The van der Waals surface area contributed by atoms with Gasteiger partial charge in [0.05, 0.1) is 0 Å². The molecule has 2 aromatic rings. The lowest BCUT2D eigenvalue weighted by atomic mass is 10.0. The highest BCUT2D eigenvalue weighted by Crippen LogP contribution is 2.28. The van der Waals surface area contributed by atoms with Gasteiger partial charge in [0.1, 0.15) is 0 Å². The zero-order valence-corrected chi connectivity index (χ0v) is 12.7. The number of hydrogen-bond donors (Lipinski definition) is 2. The van der Waals surface area contributed by atoms with E-state index in [1.807, 2.05) is 0 Å². The second kappa shape index (κ2) is 6.33.